The third kappa shape index (κ3) is 8.98. The molecule has 0 bridgehead atoms. The number of methoxy groups -OCH3 is 1. The van der Waals surface area contributed by atoms with Crippen LogP contribution in [0.15, 0.2) is 95.5 Å². The summed E-state index contributed by atoms with van der Waals surface area (Å²) in [5, 5.41) is 3.86. The molecular formula is C48H44Cl2N4O8. The summed E-state index contributed by atoms with van der Waals surface area (Å²) in [6.07, 6.45) is 1.67. The highest BCUT2D eigenvalue weighted by atomic mass is 35.5. The Morgan fingerprint density at radius 1 is 0.887 bits per heavy atom. The first kappa shape index (κ1) is 42.3. The lowest BCUT2D eigenvalue weighted by Crippen LogP contribution is -2.56. The molecule has 0 unspecified atom stereocenters. The number of carbonyl (C=O) groups excluding carboxylic acids is 3. The maximum Gasteiger partial charge on any atom is 0.328 e. The molecule has 0 aliphatic carbocycles. The largest absolute Gasteiger partial charge is 0.489 e. The molecule has 1 N–H and O–H groups in total. The normalized spacial score (nSPS) is 16.0. The number of hydrogen-bond donors (Lipinski definition) is 1. The molecule has 4 aromatic carbocycles. The Morgan fingerprint density at radius 3 is 2.34 bits per heavy atom. The Kier molecular flexibility index (Phi) is 12.2. The zero-order chi connectivity index (χ0) is 43.7. The van der Waals surface area contributed by atoms with Crippen LogP contribution in [0.2, 0.25) is 10.0 Å². The van der Waals surface area contributed by atoms with Gasteiger partial charge in [-0.25, -0.2) is 9.78 Å². The molecule has 2 aromatic heterocycles. The second kappa shape index (κ2) is 17.9. The SMILES string of the molecule is COC(=O)[C@H](Cc1ccc(-c2ccnc(C)c2C)cc1)NC(=O)[C@@H]1Cc2cc3c(cc2CN1C(=O)c1nc(C)oc1C)O[C@@H](c1ccc(OCc2ccc(Cl)c(Cl)c2)cc1)CO3. The van der Waals surface area contributed by atoms with E-state index in [2.05, 4.69) is 15.3 Å². The molecule has 12 nitrogen and oxygen atoms in total. The molecule has 6 aromatic rings. The predicted octanol–water partition coefficient (Wildman–Crippen LogP) is 8.84. The molecule has 3 atom stereocenters. The lowest BCUT2D eigenvalue weighted by molar-refractivity contribution is -0.145. The minimum atomic E-state index is -1.03. The lowest BCUT2D eigenvalue weighted by Gasteiger charge is -2.37. The Labute approximate surface area is 369 Å². The second-order valence-corrected chi connectivity index (χ2v) is 16.3. The van der Waals surface area contributed by atoms with Crippen molar-refractivity contribution in [2.24, 2.45) is 0 Å². The minimum Gasteiger partial charge on any atom is -0.489 e. The van der Waals surface area contributed by atoms with Crippen LogP contribution < -0.4 is 19.5 Å². The van der Waals surface area contributed by atoms with Crippen LogP contribution in [0.5, 0.6) is 17.2 Å². The predicted molar refractivity (Wildman–Crippen MR) is 233 cm³/mol. The monoisotopic (exact) mass is 874 g/mol. The summed E-state index contributed by atoms with van der Waals surface area (Å²) in [6, 6.07) is 24.4. The van der Waals surface area contributed by atoms with Crippen LogP contribution in [-0.2, 0) is 40.3 Å². The van der Waals surface area contributed by atoms with Crippen LogP contribution >= 0.6 is 23.2 Å². The molecule has 4 heterocycles. The Hall–Kier alpha value is -6.37. The van der Waals surface area contributed by atoms with E-state index >= 15 is 0 Å². The molecule has 0 radical (unpaired) electrons. The van der Waals surface area contributed by atoms with Crippen molar-refractivity contribution < 1.29 is 37.7 Å². The number of nitrogens with one attached hydrogen (secondary N) is 1. The summed E-state index contributed by atoms with van der Waals surface area (Å²) in [6.45, 7) is 7.95. The van der Waals surface area contributed by atoms with Gasteiger partial charge in [-0.3, -0.25) is 14.6 Å². The molecule has 2 amide bonds. The zero-order valence-corrected chi connectivity index (χ0v) is 36.3. The number of amides is 2. The van der Waals surface area contributed by atoms with Crippen LogP contribution in [0.4, 0.5) is 0 Å². The third-order valence-electron chi connectivity index (χ3n) is 11.3. The zero-order valence-electron chi connectivity index (χ0n) is 34.8. The van der Waals surface area contributed by atoms with Crippen LogP contribution in [-0.4, -0.2) is 58.5 Å². The quantitative estimate of drug-likeness (QED) is 0.126. The number of pyridine rings is 1. The smallest absolute Gasteiger partial charge is 0.328 e. The molecule has 0 saturated heterocycles. The average molecular weight is 876 g/mol. The van der Waals surface area contributed by atoms with Crippen molar-refractivity contribution in [2.75, 3.05) is 13.7 Å². The van der Waals surface area contributed by atoms with Gasteiger partial charge in [0, 0.05) is 38.2 Å². The Bertz CT molecular complexity index is 2670. The van der Waals surface area contributed by atoms with Gasteiger partial charge in [0.1, 0.15) is 36.8 Å². The van der Waals surface area contributed by atoms with Crippen molar-refractivity contribution in [3.63, 3.8) is 0 Å². The van der Waals surface area contributed by atoms with Crippen molar-refractivity contribution in [1.29, 1.82) is 0 Å². The Morgan fingerprint density at radius 2 is 1.63 bits per heavy atom. The van der Waals surface area contributed by atoms with Gasteiger partial charge in [0.25, 0.3) is 5.91 Å². The van der Waals surface area contributed by atoms with E-state index in [0.717, 1.165) is 50.2 Å². The molecule has 2 aliphatic rings. The van der Waals surface area contributed by atoms with Gasteiger partial charge in [-0.2, -0.15) is 0 Å². The highest BCUT2D eigenvalue weighted by Crippen LogP contribution is 2.41. The van der Waals surface area contributed by atoms with E-state index in [1.165, 1.54) is 12.0 Å². The molecule has 0 fully saturated rings. The van der Waals surface area contributed by atoms with Crippen LogP contribution in [0, 0.1) is 27.7 Å². The highest BCUT2D eigenvalue weighted by molar-refractivity contribution is 6.42. The van der Waals surface area contributed by atoms with Crippen LogP contribution in [0.3, 0.4) is 0 Å². The summed E-state index contributed by atoms with van der Waals surface area (Å²) in [5.74, 6) is 0.757. The molecule has 2 aliphatic heterocycles. The first-order valence-electron chi connectivity index (χ1n) is 20.1. The standard InChI is InChI=1S/C48H44Cl2N4O8/c1-26-27(2)51-17-16-37(26)32-9-6-30(7-10-32)19-40(48(57)58-5)53-46(55)41-20-34-21-42-43(22-35(34)23-54(41)47(56)45-28(3)61-29(4)52-45)62-44(25-60-42)33-11-13-36(14-12-33)59-24-31-8-15-38(49)39(50)18-31/h6-18,21-22,40-41,44H,19-20,23-25H2,1-5H3,(H,53,55)/t40-,41-,44+/m0/s1. The van der Waals surface area contributed by atoms with E-state index in [-0.39, 0.29) is 31.7 Å². The molecule has 318 valence electrons. The van der Waals surface area contributed by atoms with E-state index < -0.39 is 36.0 Å². The fourth-order valence-electron chi connectivity index (χ4n) is 7.81. The molecule has 0 spiro atoms. The van der Waals surface area contributed by atoms with Crippen molar-refractivity contribution >= 4 is 41.0 Å². The molecule has 14 heteroatoms. The first-order chi connectivity index (χ1) is 29.8. The number of aryl methyl sites for hydroxylation is 3. The lowest BCUT2D eigenvalue weighted by atomic mass is 9.91. The molecule has 0 saturated carbocycles. The Balaban J connectivity index is 1.00. The number of halogens is 2. The van der Waals surface area contributed by atoms with Gasteiger partial charge in [0.05, 0.1) is 17.2 Å². The van der Waals surface area contributed by atoms with E-state index in [9.17, 15) is 14.4 Å². The number of ether oxygens (including phenoxy) is 4. The number of esters is 1. The van der Waals surface area contributed by atoms with E-state index in [1.807, 2.05) is 86.6 Å². The van der Waals surface area contributed by atoms with Crippen LogP contribution in [0.1, 0.15) is 67.3 Å². The summed E-state index contributed by atoms with van der Waals surface area (Å²) in [4.78, 5) is 52.1. The number of hydrogen-bond acceptors (Lipinski definition) is 10. The van der Waals surface area contributed by atoms with E-state index in [0.29, 0.717) is 45.6 Å². The molecular weight excluding hydrogens is 831 g/mol. The topological polar surface area (TPSA) is 142 Å². The molecule has 62 heavy (non-hydrogen) atoms. The first-order valence-corrected chi connectivity index (χ1v) is 20.9. The fourth-order valence-corrected chi connectivity index (χ4v) is 8.13. The number of aromatic nitrogens is 2. The van der Waals surface area contributed by atoms with Gasteiger partial charge in [0.15, 0.2) is 29.2 Å². The van der Waals surface area contributed by atoms with Crippen molar-refractivity contribution in [2.45, 2.75) is 71.9 Å². The number of oxazole rings is 1. The number of carbonyl (C=O) groups is 3. The average Bonchev–Trinajstić information content (AvgIpc) is 3.62. The highest BCUT2D eigenvalue weighted by Gasteiger charge is 2.39. The second-order valence-electron chi connectivity index (χ2n) is 15.4. The van der Waals surface area contributed by atoms with Gasteiger partial charge in [-0.1, -0.05) is 65.7 Å². The minimum absolute atomic E-state index is 0.0576. The summed E-state index contributed by atoms with van der Waals surface area (Å²) in [5.41, 5.74) is 8.38. The number of benzene rings is 4. The van der Waals surface area contributed by atoms with Gasteiger partial charge in [-0.15, -0.1) is 0 Å². The third-order valence-corrected chi connectivity index (χ3v) is 12.1. The summed E-state index contributed by atoms with van der Waals surface area (Å²) < 4.78 is 29.5. The van der Waals surface area contributed by atoms with E-state index in [4.69, 9.17) is 46.6 Å². The summed E-state index contributed by atoms with van der Waals surface area (Å²) >= 11 is 12.2. The molecule has 8 rings (SSSR count). The maximum absolute atomic E-state index is 14.4. The summed E-state index contributed by atoms with van der Waals surface area (Å²) in [7, 11) is 1.28. The van der Waals surface area contributed by atoms with Crippen molar-refractivity contribution in [1.82, 2.24) is 20.2 Å². The van der Waals surface area contributed by atoms with Crippen LogP contribution in [0.25, 0.3) is 11.1 Å². The number of nitrogens with zero attached hydrogens (tertiary/aromatic N) is 3. The van der Waals surface area contributed by atoms with Gasteiger partial charge >= 0.3 is 5.97 Å². The maximum atomic E-state index is 14.4. The number of rotatable bonds is 11. The number of fused-ring (bicyclic) bond motifs is 2. The van der Waals surface area contributed by atoms with E-state index in [1.54, 1.807) is 32.2 Å². The fraction of sp³-hybridized carbons (Fsp3) is 0.271. The van der Waals surface area contributed by atoms with Crippen molar-refractivity contribution in [3.05, 3.63) is 158 Å². The van der Waals surface area contributed by atoms with Gasteiger partial charge in [-0.05, 0) is 108 Å². The van der Waals surface area contributed by atoms with Gasteiger partial charge in [0.2, 0.25) is 5.91 Å². The van der Waals surface area contributed by atoms with Crippen molar-refractivity contribution in [3.8, 4) is 28.4 Å². The van der Waals surface area contributed by atoms with Gasteiger partial charge < -0.3 is 33.6 Å².